The first-order valence-electron chi connectivity index (χ1n) is 4.92. The van der Waals surface area contributed by atoms with E-state index in [9.17, 15) is 0 Å². The SMILES string of the molecule is CC(c1nc(C(N)CO)no1)C1CC1. The molecule has 78 valence electrons. The van der Waals surface area contributed by atoms with Gasteiger partial charge in [-0.3, -0.25) is 0 Å². The van der Waals surface area contributed by atoms with Gasteiger partial charge < -0.3 is 15.4 Å². The predicted molar refractivity (Wildman–Crippen MR) is 49.5 cm³/mol. The maximum Gasteiger partial charge on any atom is 0.229 e. The first-order valence-corrected chi connectivity index (χ1v) is 4.92. The van der Waals surface area contributed by atoms with Gasteiger partial charge in [-0.05, 0) is 18.8 Å². The van der Waals surface area contributed by atoms with Crippen molar-refractivity contribution in [3.8, 4) is 0 Å². The first kappa shape index (κ1) is 9.61. The minimum Gasteiger partial charge on any atom is -0.394 e. The zero-order valence-corrected chi connectivity index (χ0v) is 8.18. The molecule has 1 saturated carbocycles. The third kappa shape index (κ3) is 1.78. The second-order valence-corrected chi connectivity index (χ2v) is 3.91. The van der Waals surface area contributed by atoms with E-state index in [-0.39, 0.29) is 6.61 Å². The molecule has 2 atom stereocenters. The van der Waals surface area contributed by atoms with Crippen molar-refractivity contribution in [2.24, 2.45) is 11.7 Å². The molecule has 2 rings (SSSR count). The van der Waals surface area contributed by atoms with Gasteiger partial charge in [-0.15, -0.1) is 0 Å². The number of nitrogens with zero attached hydrogens (tertiary/aromatic N) is 2. The van der Waals surface area contributed by atoms with E-state index >= 15 is 0 Å². The molecule has 1 aromatic rings. The Hall–Kier alpha value is -0.940. The van der Waals surface area contributed by atoms with E-state index in [0.29, 0.717) is 23.6 Å². The van der Waals surface area contributed by atoms with Crippen LogP contribution in [-0.4, -0.2) is 21.9 Å². The van der Waals surface area contributed by atoms with E-state index < -0.39 is 6.04 Å². The minimum atomic E-state index is -0.529. The topological polar surface area (TPSA) is 85.2 Å². The summed E-state index contributed by atoms with van der Waals surface area (Å²) in [4.78, 5) is 4.18. The molecule has 0 aliphatic heterocycles. The molecule has 5 heteroatoms. The monoisotopic (exact) mass is 197 g/mol. The molecule has 1 heterocycles. The molecule has 0 saturated heterocycles. The van der Waals surface area contributed by atoms with Crippen LogP contribution in [0, 0.1) is 5.92 Å². The Morgan fingerprint density at radius 3 is 2.93 bits per heavy atom. The van der Waals surface area contributed by atoms with Crippen molar-refractivity contribution >= 4 is 0 Å². The molecule has 0 amide bonds. The van der Waals surface area contributed by atoms with Crippen LogP contribution in [0.15, 0.2) is 4.52 Å². The summed E-state index contributed by atoms with van der Waals surface area (Å²) in [7, 11) is 0. The molecule has 1 aliphatic carbocycles. The summed E-state index contributed by atoms with van der Waals surface area (Å²) in [5.41, 5.74) is 5.56. The summed E-state index contributed by atoms with van der Waals surface area (Å²) in [5.74, 6) is 2.05. The van der Waals surface area contributed by atoms with Gasteiger partial charge in [-0.1, -0.05) is 12.1 Å². The molecule has 1 fully saturated rings. The molecule has 1 aromatic heterocycles. The van der Waals surface area contributed by atoms with E-state index in [0.717, 1.165) is 0 Å². The van der Waals surface area contributed by atoms with Crippen molar-refractivity contribution in [2.45, 2.75) is 31.7 Å². The van der Waals surface area contributed by atoms with E-state index in [1.165, 1.54) is 12.8 Å². The molecule has 14 heavy (non-hydrogen) atoms. The zero-order valence-electron chi connectivity index (χ0n) is 8.18. The van der Waals surface area contributed by atoms with Gasteiger partial charge in [0, 0.05) is 5.92 Å². The molecule has 1 aliphatic rings. The molecule has 2 unspecified atom stereocenters. The van der Waals surface area contributed by atoms with Crippen LogP contribution in [0.3, 0.4) is 0 Å². The molecule has 0 spiro atoms. The highest BCUT2D eigenvalue weighted by Gasteiger charge is 2.32. The molecule has 0 radical (unpaired) electrons. The van der Waals surface area contributed by atoms with Gasteiger partial charge >= 0.3 is 0 Å². The highest BCUT2D eigenvalue weighted by atomic mass is 16.5. The Morgan fingerprint density at radius 2 is 2.36 bits per heavy atom. The Morgan fingerprint density at radius 1 is 1.64 bits per heavy atom. The summed E-state index contributed by atoms with van der Waals surface area (Å²) in [6.07, 6.45) is 2.48. The maximum absolute atomic E-state index is 8.81. The van der Waals surface area contributed by atoms with Crippen molar-refractivity contribution < 1.29 is 9.63 Å². The standard InChI is InChI=1S/C9H15N3O2/c1-5(6-2-3-6)9-11-8(12-14-9)7(10)4-13/h5-7,13H,2-4,10H2,1H3. The van der Waals surface area contributed by atoms with Crippen molar-refractivity contribution in [3.05, 3.63) is 11.7 Å². The lowest BCUT2D eigenvalue weighted by Crippen LogP contribution is -2.16. The average molecular weight is 197 g/mol. The van der Waals surface area contributed by atoms with E-state index in [4.69, 9.17) is 15.4 Å². The van der Waals surface area contributed by atoms with Crippen LogP contribution in [0.25, 0.3) is 0 Å². The number of hydrogen-bond donors (Lipinski definition) is 2. The largest absolute Gasteiger partial charge is 0.394 e. The Kier molecular flexibility index (Phi) is 2.52. The van der Waals surface area contributed by atoms with E-state index in [2.05, 4.69) is 17.1 Å². The lowest BCUT2D eigenvalue weighted by Gasteiger charge is -2.02. The Bertz CT molecular complexity index is 309. The summed E-state index contributed by atoms with van der Waals surface area (Å²) in [6, 6.07) is -0.529. The Balaban J connectivity index is 2.08. The van der Waals surface area contributed by atoms with Crippen LogP contribution < -0.4 is 5.73 Å². The van der Waals surface area contributed by atoms with Crippen molar-refractivity contribution in [1.82, 2.24) is 10.1 Å². The summed E-state index contributed by atoms with van der Waals surface area (Å²) in [5, 5.41) is 12.6. The number of rotatable bonds is 4. The van der Waals surface area contributed by atoms with Crippen LogP contribution in [0.2, 0.25) is 0 Å². The van der Waals surface area contributed by atoms with Crippen molar-refractivity contribution in [3.63, 3.8) is 0 Å². The molecule has 0 aromatic carbocycles. The number of aliphatic hydroxyl groups is 1. The first-order chi connectivity index (χ1) is 6.72. The minimum absolute atomic E-state index is 0.156. The number of aromatic nitrogens is 2. The van der Waals surface area contributed by atoms with Gasteiger partial charge in [0.25, 0.3) is 0 Å². The quantitative estimate of drug-likeness (QED) is 0.737. The second kappa shape index (κ2) is 3.67. The predicted octanol–water partition coefficient (Wildman–Crippen LogP) is 0.575. The number of aliphatic hydroxyl groups excluding tert-OH is 1. The van der Waals surface area contributed by atoms with Crippen LogP contribution in [0.1, 0.15) is 43.4 Å². The van der Waals surface area contributed by atoms with Gasteiger partial charge in [0.1, 0.15) is 0 Å². The number of nitrogens with two attached hydrogens (primary N) is 1. The third-order valence-electron chi connectivity index (χ3n) is 2.70. The average Bonchev–Trinajstić information content (AvgIpc) is 2.93. The van der Waals surface area contributed by atoms with Gasteiger partial charge in [0.05, 0.1) is 12.6 Å². The van der Waals surface area contributed by atoms with Gasteiger partial charge in [0.2, 0.25) is 5.89 Å². The molecular weight excluding hydrogens is 182 g/mol. The smallest absolute Gasteiger partial charge is 0.229 e. The maximum atomic E-state index is 8.81. The van der Waals surface area contributed by atoms with Crippen LogP contribution in [0.4, 0.5) is 0 Å². The van der Waals surface area contributed by atoms with Gasteiger partial charge in [0.15, 0.2) is 5.82 Å². The van der Waals surface area contributed by atoms with Gasteiger partial charge in [-0.2, -0.15) is 4.98 Å². The highest BCUT2D eigenvalue weighted by molar-refractivity contribution is 5.01. The fourth-order valence-corrected chi connectivity index (χ4v) is 1.46. The summed E-state index contributed by atoms with van der Waals surface area (Å²) < 4.78 is 5.10. The van der Waals surface area contributed by atoms with E-state index in [1.807, 2.05) is 0 Å². The van der Waals surface area contributed by atoms with Gasteiger partial charge in [-0.25, -0.2) is 0 Å². The normalized spacial score (nSPS) is 20.8. The zero-order chi connectivity index (χ0) is 10.1. The third-order valence-corrected chi connectivity index (χ3v) is 2.70. The fraction of sp³-hybridized carbons (Fsp3) is 0.778. The molecule has 5 nitrogen and oxygen atoms in total. The van der Waals surface area contributed by atoms with Crippen molar-refractivity contribution in [2.75, 3.05) is 6.61 Å². The Labute approximate surface area is 82.3 Å². The highest BCUT2D eigenvalue weighted by Crippen LogP contribution is 2.41. The second-order valence-electron chi connectivity index (χ2n) is 3.91. The summed E-state index contributed by atoms with van der Waals surface area (Å²) >= 11 is 0. The van der Waals surface area contributed by atoms with Crippen LogP contribution >= 0.6 is 0 Å². The molecular formula is C9H15N3O2. The molecule has 0 bridgehead atoms. The van der Waals surface area contributed by atoms with E-state index in [1.54, 1.807) is 0 Å². The van der Waals surface area contributed by atoms with Crippen molar-refractivity contribution in [1.29, 1.82) is 0 Å². The fourth-order valence-electron chi connectivity index (χ4n) is 1.46. The van der Waals surface area contributed by atoms with Crippen LogP contribution in [0.5, 0.6) is 0 Å². The number of hydrogen-bond acceptors (Lipinski definition) is 5. The van der Waals surface area contributed by atoms with Crippen LogP contribution in [-0.2, 0) is 0 Å². The lowest BCUT2D eigenvalue weighted by atomic mass is 10.1. The lowest BCUT2D eigenvalue weighted by molar-refractivity contribution is 0.259. The summed E-state index contributed by atoms with van der Waals surface area (Å²) in [6.45, 7) is 1.93. The molecule has 3 N–H and O–H groups in total.